The second-order valence-electron chi connectivity index (χ2n) is 4.28. The number of anilines is 1. The van der Waals surface area contributed by atoms with Crippen molar-refractivity contribution in [1.29, 1.82) is 0 Å². The van der Waals surface area contributed by atoms with Crippen molar-refractivity contribution in [3.8, 4) is 17.3 Å². The quantitative estimate of drug-likeness (QED) is 0.743. The maximum Gasteiger partial charge on any atom is 0.240 e. The molecule has 0 aliphatic heterocycles. The lowest BCUT2D eigenvalue weighted by Gasteiger charge is -2.08. The van der Waals surface area contributed by atoms with E-state index >= 15 is 0 Å². The lowest BCUT2D eigenvalue weighted by atomic mass is 10.3. The first-order valence-corrected chi connectivity index (χ1v) is 6.96. The van der Waals surface area contributed by atoms with E-state index in [-0.39, 0.29) is 11.8 Å². The minimum atomic E-state index is -0.348. The molecule has 0 aliphatic rings. The molecule has 0 spiro atoms. The van der Waals surface area contributed by atoms with Crippen LogP contribution in [0.15, 0.2) is 48.9 Å². The molecule has 0 fully saturated rings. The van der Waals surface area contributed by atoms with E-state index < -0.39 is 0 Å². The summed E-state index contributed by atoms with van der Waals surface area (Å²) in [6, 6.07) is 8.82. The van der Waals surface area contributed by atoms with Gasteiger partial charge in [0.05, 0.1) is 0 Å². The fraction of sp³-hybridized carbons (Fsp3) is 0.0714. The molecule has 0 aliphatic carbocycles. The number of nitrogens with zero attached hydrogens (tertiary/aromatic N) is 5. The van der Waals surface area contributed by atoms with E-state index in [1.54, 1.807) is 47.5 Å². The van der Waals surface area contributed by atoms with Crippen molar-refractivity contribution in [2.45, 2.75) is 0 Å². The molecule has 1 amide bonds. The van der Waals surface area contributed by atoms with E-state index in [4.69, 9.17) is 11.6 Å². The van der Waals surface area contributed by atoms with E-state index in [9.17, 15) is 4.79 Å². The highest BCUT2D eigenvalue weighted by atomic mass is 35.5. The highest BCUT2D eigenvalue weighted by Crippen LogP contribution is 2.17. The highest BCUT2D eigenvalue weighted by Gasteiger charge is 2.11. The molecule has 3 aromatic rings. The summed E-state index contributed by atoms with van der Waals surface area (Å²) < 4.78 is 1.57. The fourth-order valence-electron chi connectivity index (χ4n) is 1.81. The molecule has 0 radical (unpaired) electrons. The maximum absolute atomic E-state index is 11.5. The molecule has 0 saturated heterocycles. The van der Waals surface area contributed by atoms with Gasteiger partial charge in [0.25, 0.3) is 0 Å². The number of amides is 1. The number of alkyl halides is 1. The molecular weight excluding hydrogens is 304 g/mol. The van der Waals surface area contributed by atoms with Crippen molar-refractivity contribution in [3.63, 3.8) is 0 Å². The van der Waals surface area contributed by atoms with Crippen molar-refractivity contribution in [2.75, 3.05) is 11.2 Å². The van der Waals surface area contributed by atoms with Crippen molar-refractivity contribution < 1.29 is 4.79 Å². The van der Waals surface area contributed by atoms with Crippen LogP contribution in [0.25, 0.3) is 17.3 Å². The van der Waals surface area contributed by atoms with E-state index in [2.05, 4.69) is 25.4 Å². The summed E-state index contributed by atoms with van der Waals surface area (Å²) in [7, 11) is 0. The van der Waals surface area contributed by atoms with Crippen LogP contribution >= 0.6 is 11.6 Å². The summed E-state index contributed by atoms with van der Waals surface area (Å²) >= 11 is 5.51. The minimum Gasteiger partial charge on any atom is -0.309 e. The van der Waals surface area contributed by atoms with Gasteiger partial charge < -0.3 is 5.32 Å². The lowest BCUT2D eigenvalue weighted by molar-refractivity contribution is -0.113. The van der Waals surface area contributed by atoms with Gasteiger partial charge in [-0.1, -0.05) is 6.07 Å². The van der Waals surface area contributed by atoms with E-state index in [1.165, 1.54) is 0 Å². The van der Waals surface area contributed by atoms with Crippen LogP contribution in [0.2, 0.25) is 0 Å². The van der Waals surface area contributed by atoms with Crippen LogP contribution in [0, 0.1) is 0 Å². The van der Waals surface area contributed by atoms with Crippen molar-refractivity contribution >= 4 is 23.3 Å². The van der Waals surface area contributed by atoms with Crippen molar-refractivity contribution in [1.82, 2.24) is 24.7 Å². The van der Waals surface area contributed by atoms with Crippen molar-refractivity contribution in [3.05, 3.63) is 48.9 Å². The Hall–Kier alpha value is -2.80. The summed E-state index contributed by atoms with van der Waals surface area (Å²) in [4.78, 5) is 24.4. The Morgan fingerprint density at radius 2 is 2.14 bits per heavy atom. The standard InChI is InChI=1S/C14H11ClN6O/c15-9-13(22)18-11-8-12(21-7-3-6-17-21)20-14(19-11)10-4-1-2-5-16-10/h1-8H,9H2,(H,18,19,20,22). The zero-order valence-corrected chi connectivity index (χ0v) is 12.1. The van der Waals surface area contributed by atoms with Gasteiger partial charge in [0.2, 0.25) is 5.91 Å². The minimum absolute atomic E-state index is 0.153. The Kier molecular flexibility index (Phi) is 4.06. The largest absolute Gasteiger partial charge is 0.309 e. The van der Waals surface area contributed by atoms with Gasteiger partial charge in [-0.15, -0.1) is 11.6 Å². The molecule has 1 N–H and O–H groups in total. The van der Waals surface area contributed by atoms with Gasteiger partial charge in [0, 0.05) is 24.7 Å². The smallest absolute Gasteiger partial charge is 0.240 e. The lowest BCUT2D eigenvalue weighted by Crippen LogP contribution is -2.15. The predicted molar refractivity (Wildman–Crippen MR) is 81.7 cm³/mol. The summed E-state index contributed by atoms with van der Waals surface area (Å²) in [6.45, 7) is 0. The molecule has 0 aromatic carbocycles. The topological polar surface area (TPSA) is 85.6 Å². The van der Waals surface area contributed by atoms with Gasteiger partial charge >= 0.3 is 0 Å². The first-order valence-electron chi connectivity index (χ1n) is 6.42. The Morgan fingerprint density at radius 1 is 1.23 bits per heavy atom. The van der Waals surface area contributed by atoms with Gasteiger partial charge in [0.15, 0.2) is 11.6 Å². The molecule has 0 unspecified atom stereocenters. The molecule has 0 bridgehead atoms. The number of carbonyl (C=O) groups excluding carboxylic acids is 1. The normalized spacial score (nSPS) is 10.4. The van der Waals surface area contributed by atoms with Crippen molar-refractivity contribution in [2.24, 2.45) is 0 Å². The summed E-state index contributed by atoms with van der Waals surface area (Å²) in [6.07, 6.45) is 5.04. The molecule has 3 rings (SSSR count). The molecule has 22 heavy (non-hydrogen) atoms. The molecule has 3 aromatic heterocycles. The zero-order chi connectivity index (χ0) is 15.4. The molecule has 0 atom stereocenters. The first kappa shape index (κ1) is 14.2. The number of hydrogen-bond acceptors (Lipinski definition) is 5. The van der Waals surface area contributed by atoms with E-state index in [0.717, 1.165) is 0 Å². The first-order chi connectivity index (χ1) is 10.8. The van der Waals surface area contributed by atoms with Crippen LogP contribution in [0.4, 0.5) is 5.82 Å². The van der Waals surface area contributed by atoms with Crippen LogP contribution in [0.1, 0.15) is 0 Å². The third-order valence-electron chi connectivity index (χ3n) is 2.73. The zero-order valence-electron chi connectivity index (χ0n) is 11.3. The van der Waals surface area contributed by atoms with Crippen LogP contribution in [0.3, 0.4) is 0 Å². The molecule has 3 heterocycles. The van der Waals surface area contributed by atoms with E-state index in [0.29, 0.717) is 23.2 Å². The number of aromatic nitrogens is 5. The number of hydrogen-bond donors (Lipinski definition) is 1. The van der Waals surface area contributed by atoms with Gasteiger partial charge in [-0.05, 0) is 18.2 Å². The fourth-order valence-corrected chi connectivity index (χ4v) is 1.87. The third-order valence-corrected chi connectivity index (χ3v) is 2.98. The maximum atomic E-state index is 11.5. The highest BCUT2D eigenvalue weighted by molar-refractivity contribution is 6.29. The predicted octanol–water partition coefficient (Wildman–Crippen LogP) is 1.90. The summed E-state index contributed by atoms with van der Waals surface area (Å²) in [5.41, 5.74) is 0.595. The van der Waals surface area contributed by atoms with Crippen LogP contribution in [0.5, 0.6) is 0 Å². The Balaban J connectivity index is 2.07. The Labute approximate surface area is 131 Å². The van der Waals surface area contributed by atoms with Crippen LogP contribution in [-0.2, 0) is 4.79 Å². The van der Waals surface area contributed by atoms with Crippen LogP contribution in [-0.4, -0.2) is 36.5 Å². The molecule has 110 valence electrons. The Bertz CT molecular complexity index is 775. The molecule has 8 heteroatoms. The summed E-state index contributed by atoms with van der Waals surface area (Å²) in [5, 5.41) is 6.74. The van der Waals surface area contributed by atoms with Gasteiger partial charge in [-0.2, -0.15) is 5.10 Å². The Morgan fingerprint density at radius 3 is 2.82 bits per heavy atom. The van der Waals surface area contributed by atoms with Crippen LogP contribution < -0.4 is 5.32 Å². The number of rotatable bonds is 4. The third kappa shape index (κ3) is 3.09. The SMILES string of the molecule is O=C(CCl)Nc1cc(-n2cccn2)nc(-c2ccccn2)n1. The number of nitrogens with one attached hydrogen (secondary N) is 1. The average molecular weight is 315 g/mol. The van der Waals surface area contributed by atoms with Gasteiger partial charge in [-0.25, -0.2) is 14.6 Å². The second kappa shape index (κ2) is 6.31. The summed E-state index contributed by atoms with van der Waals surface area (Å²) in [5.74, 6) is 0.745. The van der Waals surface area contributed by atoms with Gasteiger partial charge in [0.1, 0.15) is 17.4 Å². The molecule has 7 nitrogen and oxygen atoms in total. The molecule has 0 saturated carbocycles. The number of carbonyl (C=O) groups is 1. The monoisotopic (exact) mass is 314 g/mol. The molecular formula is C14H11ClN6O. The number of halogens is 1. The van der Waals surface area contributed by atoms with Gasteiger partial charge in [-0.3, -0.25) is 9.78 Å². The average Bonchev–Trinajstić information content (AvgIpc) is 3.10. The van der Waals surface area contributed by atoms with E-state index in [1.807, 2.05) is 6.07 Å². The number of pyridine rings is 1. The second-order valence-corrected chi connectivity index (χ2v) is 4.55.